The molecule has 0 amide bonds. The Hall–Kier alpha value is 0.842. The Bertz CT molecular complexity index is 115. The van der Waals surface area contributed by atoms with Crippen molar-refractivity contribution in [3.05, 3.63) is 0 Å². The van der Waals surface area contributed by atoms with E-state index in [1.807, 2.05) is 0 Å². The molecule has 0 aliphatic rings. The molecule has 3 heteroatoms. The van der Waals surface area contributed by atoms with Crippen LogP contribution in [0.1, 0.15) is 27.2 Å². The van der Waals surface area contributed by atoms with Crippen molar-refractivity contribution >= 4 is 26.2 Å². The van der Waals surface area contributed by atoms with Gasteiger partial charge in [0.15, 0.2) is 0 Å². The summed E-state index contributed by atoms with van der Waals surface area (Å²) in [6, 6.07) is 0.596. The first-order chi connectivity index (χ1) is 4.89. The molecule has 0 saturated carbocycles. The minimum atomic E-state index is 0.0654. The average Bonchev–Trinajstić information content (AvgIpc) is 1.87. The Morgan fingerprint density at radius 2 is 1.91 bits per heavy atom. The molecule has 11 heavy (non-hydrogen) atoms. The molecule has 0 bridgehead atoms. The van der Waals surface area contributed by atoms with Crippen LogP contribution in [-0.4, -0.2) is 56.9 Å². The molecule has 0 aliphatic carbocycles. The number of rotatable bonds is 4. The second-order valence-electron chi connectivity index (χ2n) is 3.88. The third-order valence-electron chi connectivity index (χ3n) is 1.94. The zero-order valence-corrected chi connectivity index (χ0v) is 12.0. The van der Waals surface area contributed by atoms with Crippen LogP contribution in [0.15, 0.2) is 0 Å². The van der Waals surface area contributed by atoms with E-state index < -0.39 is 0 Å². The van der Waals surface area contributed by atoms with E-state index in [1.54, 1.807) is 0 Å². The van der Waals surface area contributed by atoms with E-state index in [-0.39, 0.29) is 5.60 Å². The fraction of sp³-hybridized carbons (Fsp3) is 1.00. The van der Waals surface area contributed by atoms with E-state index in [1.165, 1.54) is 0 Å². The van der Waals surface area contributed by atoms with Gasteiger partial charge in [0.25, 0.3) is 0 Å². The number of hydrogen-bond acceptors (Lipinski definition) is 2. The minimum absolute atomic E-state index is 0.0654. The molecule has 3 radical (unpaired) electrons. The van der Waals surface area contributed by atoms with Crippen molar-refractivity contribution < 1.29 is 2.69 Å². The van der Waals surface area contributed by atoms with Gasteiger partial charge in [0, 0.05) is 0 Å². The van der Waals surface area contributed by atoms with Crippen LogP contribution < -0.4 is 0 Å². The first kappa shape index (κ1) is 11.8. The molecule has 1 unspecified atom stereocenters. The van der Waals surface area contributed by atoms with Crippen LogP contribution in [0, 0.1) is 0 Å². The zero-order valence-electron chi connectivity index (χ0n) is 8.14. The fourth-order valence-electron chi connectivity index (χ4n) is 0.936. The summed E-state index contributed by atoms with van der Waals surface area (Å²) in [5, 5.41) is 0. The molecule has 1 atom stereocenters. The van der Waals surface area contributed by atoms with E-state index in [0.717, 1.165) is 32.6 Å². The van der Waals surface area contributed by atoms with Gasteiger partial charge in [-0.15, -0.1) is 0 Å². The molecule has 0 aromatic heterocycles. The summed E-state index contributed by atoms with van der Waals surface area (Å²) >= 11 is 0.830. The van der Waals surface area contributed by atoms with Crippen molar-refractivity contribution in [3.8, 4) is 0 Å². The number of hydrogen-bond donors (Lipinski definition) is 0. The van der Waals surface area contributed by atoms with Gasteiger partial charge in [0.05, 0.1) is 0 Å². The van der Waals surface area contributed by atoms with Crippen LogP contribution in [0.3, 0.4) is 0 Å². The fourth-order valence-corrected chi connectivity index (χ4v) is 1.26. The molecule has 65 valence electrons. The molecule has 0 aromatic rings. The van der Waals surface area contributed by atoms with Gasteiger partial charge in [-0.05, 0) is 0 Å². The molecule has 0 aliphatic heterocycles. The topological polar surface area (TPSA) is 12.5 Å². The zero-order chi connectivity index (χ0) is 9.07. The molecule has 0 heterocycles. The van der Waals surface area contributed by atoms with Crippen molar-refractivity contribution in [2.24, 2.45) is 0 Å². The molecule has 0 fully saturated rings. The Morgan fingerprint density at radius 3 is 2.18 bits per heavy atom. The van der Waals surface area contributed by atoms with Crippen LogP contribution >= 0.6 is 0 Å². The van der Waals surface area contributed by atoms with Gasteiger partial charge in [-0.1, -0.05) is 0 Å². The van der Waals surface area contributed by atoms with Gasteiger partial charge in [0.2, 0.25) is 0 Å². The molecule has 2 nitrogen and oxygen atoms in total. The van der Waals surface area contributed by atoms with Crippen molar-refractivity contribution in [1.29, 1.82) is 0 Å². The summed E-state index contributed by atoms with van der Waals surface area (Å²) in [6.07, 6.45) is 1.10. The monoisotopic (exact) mass is 352 g/mol. The van der Waals surface area contributed by atoms with Crippen LogP contribution in [0.25, 0.3) is 0 Å². The first-order valence-electron chi connectivity index (χ1n) is 3.90. The summed E-state index contributed by atoms with van der Waals surface area (Å²) in [5.74, 6) is 0. The summed E-state index contributed by atoms with van der Waals surface area (Å²) in [6.45, 7) is 6.53. The third kappa shape index (κ3) is 5.14. The Labute approximate surface area is 86.6 Å². The van der Waals surface area contributed by atoms with E-state index in [0.29, 0.717) is 6.04 Å². The van der Waals surface area contributed by atoms with Crippen molar-refractivity contribution in [3.63, 3.8) is 0 Å². The van der Waals surface area contributed by atoms with Crippen molar-refractivity contribution in [2.45, 2.75) is 38.8 Å². The Morgan fingerprint density at radius 1 is 1.45 bits per heavy atom. The van der Waals surface area contributed by atoms with Crippen molar-refractivity contribution in [2.75, 3.05) is 14.1 Å². The van der Waals surface area contributed by atoms with Crippen LogP contribution in [0.2, 0.25) is 0 Å². The maximum absolute atomic E-state index is 5.47. The second kappa shape index (κ2) is 4.77. The predicted molar refractivity (Wildman–Crippen MR) is 48.7 cm³/mol. The van der Waals surface area contributed by atoms with Crippen LogP contribution in [0.5, 0.6) is 0 Å². The van der Waals surface area contributed by atoms with E-state index >= 15 is 0 Å². The second-order valence-corrected chi connectivity index (χ2v) is 4.67. The Kier molecular flexibility index (Phi) is 5.13. The van der Waals surface area contributed by atoms with Crippen molar-refractivity contribution in [1.82, 2.24) is 4.90 Å². The normalized spacial score (nSPS) is 15.5. The molecule has 0 N–H and O–H groups in total. The van der Waals surface area contributed by atoms with Gasteiger partial charge in [-0.3, -0.25) is 0 Å². The summed E-state index contributed by atoms with van der Waals surface area (Å²) < 4.78 is 5.47. The summed E-state index contributed by atoms with van der Waals surface area (Å²) in [5.41, 5.74) is 0.0654. The molecule has 0 saturated heterocycles. The van der Waals surface area contributed by atoms with Crippen LogP contribution in [-0.2, 0) is 2.69 Å². The van der Waals surface area contributed by atoms with Gasteiger partial charge in [0.1, 0.15) is 0 Å². The van der Waals surface area contributed by atoms with E-state index in [9.17, 15) is 0 Å². The molecular weight excluding hydrogens is 333 g/mol. The molecular formula is C8H18NOPb. The van der Waals surface area contributed by atoms with E-state index in [2.05, 4.69) is 39.8 Å². The molecule has 0 aromatic carbocycles. The molecule has 0 rings (SSSR count). The van der Waals surface area contributed by atoms with E-state index in [4.69, 9.17) is 2.69 Å². The van der Waals surface area contributed by atoms with Gasteiger partial charge in [-0.25, -0.2) is 0 Å². The summed E-state index contributed by atoms with van der Waals surface area (Å²) in [7, 11) is 4.21. The standard InChI is InChI=1S/C8H18NO.Pb/c1-7(9(4)5)6-8(2,3)10;/h7H,6H2,1-5H3;/q-1;+1. The number of nitrogens with zero attached hydrogens (tertiary/aromatic N) is 1. The first-order valence-corrected chi connectivity index (χ1v) is 5.49. The van der Waals surface area contributed by atoms with Gasteiger partial charge >= 0.3 is 86.7 Å². The van der Waals surface area contributed by atoms with Crippen LogP contribution in [0.4, 0.5) is 0 Å². The maximum atomic E-state index is 5.47. The quantitative estimate of drug-likeness (QED) is 0.706. The average molecular weight is 351 g/mol. The van der Waals surface area contributed by atoms with Gasteiger partial charge in [-0.2, -0.15) is 0 Å². The predicted octanol–water partition coefficient (Wildman–Crippen LogP) is 1.21. The summed E-state index contributed by atoms with van der Waals surface area (Å²) in [4.78, 5) is 2.22. The third-order valence-corrected chi connectivity index (χ3v) is 4.09. The SMILES string of the molecule is CC(CC(C)(C)[O][Pb])N(C)C. The molecule has 0 spiro atoms. The van der Waals surface area contributed by atoms with Gasteiger partial charge < -0.3 is 0 Å². The Balaban J connectivity index is 3.83.